The van der Waals surface area contributed by atoms with E-state index in [-0.39, 0.29) is 0 Å². The molecule has 3 nitrogen and oxygen atoms in total. The smallest absolute Gasteiger partial charge is 0.231 e. The second-order valence-corrected chi connectivity index (χ2v) is 5.07. The number of aromatic nitrogens is 1. The van der Waals surface area contributed by atoms with Crippen LogP contribution in [0, 0.1) is 0 Å². The zero-order chi connectivity index (χ0) is 13.4. The van der Waals surface area contributed by atoms with Crippen molar-refractivity contribution in [3.05, 3.63) is 59.8 Å². The SMILES string of the molecule is c1ccc2[nH]c(CCc3ccc4c(c3)OCO4)cc2c1. The van der Waals surface area contributed by atoms with Crippen LogP contribution >= 0.6 is 0 Å². The predicted octanol–water partition coefficient (Wildman–Crippen LogP) is 3.68. The first-order chi connectivity index (χ1) is 9.88. The van der Waals surface area contributed by atoms with Gasteiger partial charge in [0.2, 0.25) is 6.79 Å². The molecule has 4 rings (SSSR count). The standard InChI is InChI=1S/C17H15NO2/c1-2-4-15-13(3-1)10-14(18-15)7-5-12-6-8-16-17(9-12)20-11-19-16/h1-4,6,8-10,18H,5,7,11H2. The first-order valence-electron chi connectivity index (χ1n) is 6.84. The van der Waals surface area contributed by atoms with Crippen molar-refractivity contribution in [2.45, 2.75) is 12.8 Å². The number of hydrogen-bond donors (Lipinski definition) is 1. The monoisotopic (exact) mass is 265 g/mol. The van der Waals surface area contributed by atoms with E-state index in [2.05, 4.69) is 47.4 Å². The van der Waals surface area contributed by atoms with Gasteiger partial charge in [0.1, 0.15) is 0 Å². The Hall–Kier alpha value is -2.42. The molecule has 0 amide bonds. The highest BCUT2D eigenvalue weighted by molar-refractivity contribution is 5.80. The third-order valence-corrected chi connectivity index (χ3v) is 3.71. The normalized spacial score (nSPS) is 13.0. The van der Waals surface area contributed by atoms with Crippen LogP contribution in [0.5, 0.6) is 11.5 Å². The Kier molecular flexibility index (Phi) is 2.62. The molecule has 3 aromatic rings. The zero-order valence-corrected chi connectivity index (χ0v) is 11.1. The summed E-state index contributed by atoms with van der Waals surface area (Å²) in [6.07, 6.45) is 1.98. The van der Waals surface area contributed by atoms with Gasteiger partial charge in [-0.25, -0.2) is 0 Å². The van der Waals surface area contributed by atoms with E-state index in [4.69, 9.17) is 9.47 Å². The van der Waals surface area contributed by atoms with Gasteiger partial charge >= 0.3 is 0 Å². The average Bonchev–Trinajstić information content (AvgIpc) is 3.10. The van der Waals surface area contributed by atoms with Crippen molar-refractivity contribution in [1.29, 1.82) is 0 Å². The van der Waals surface area contributed by atoms with Crippen LogP contribution in [-0.4, -0.2) is 11.8 Å². The summed E-state index contributed by atoms with van der Waals surface area (Å²) >= 11 is 0. The summed E-state index contributed by atoms with van der Waals surface area (Å²) in [6, 6.07) is 16.8. The fourth-order valence-corrected chi connectivity index (χ4v) is 2.64. The lowest BCUT2D eigenvalue weighted by molar-refractivity contribution is 0.174. The Balaban J connectivity index is 1.52. The summed E-state index contributed by atoms with van der Waals surface area (Å²) in [6.45, 7) is 0.334. The van der Waals surface area contributed by atoms with Crippen LogP contribution in [0.4, 0.5) is 0 Å². The second-order valence-electron chi connectivity index (χ2n) is 5.07. The van der Waals surface area contributed by atoms with Crippen molar-refractivity contribution in [1.82, 2.24) is 4.98 Å². The number of fused-ring (bicyclic) bond motifs is 2. The summed E-state index contributed by atoms with van der Waals surface area (Å²) in [5.41, 5.74) is 3.74. The van der Waals surface area contributed by atoms with Gasteiger partial charge in [0, 0.05) is 11.2 Å². The number of H-pyrrole nitrogens is 1. The Morgan fingerprint density at radius 3 is 2.75 bits per heavy atom. The molecule has 1 N–H and O–H groups in total. The van der Waals surface area contributed by atoms with E-state index in [1.807, 2.05) is 6.07 Å². The van der Waals surface area contributed by atoms with Gasteiger partial charge in [0.25, 0.3) is 0 Å². The average molecular weight is 265 g/mol. The topological polar surface area (TPSA) is 34.2 Å². The van der Waals surface area contributed by atoms with Crippen molar-refractivity contribution in [3.8, 4) is 11.5 Å². The zero-order valence-electron chi connectivity index (χ0n) is 11.1. The first kappa shape index (κ1) is 11.4. The molecular weight excluding hydrogens is 250 g/mol. The van der Waals surface area contributed by atoms with Gasteiger partial charge in [-0.3, -0.25) is 0 Å². The lowest BCUT2D eigenvalue weighted by Gasteiger charge is -2.02. The molecule has 3 heteroatoms. The molecule has 2 heterocycles. The fourth-order valence-electron chi connectivity index (χ4n) is 2.64. The highest BCUT2D eigenvalue weighted by Gasteiger charge is 2.13. The van der Waals surface area contributed by atoms with E-state index in [9.17, 15) is 0 Å². The lowest BCUT2D eigenvalue weighted by atomic mass is 10.1. The molecule has 100 valence electrons. The van der Waals surface area contributed by atoms with Crippen LogP contribution in [0.3, 0.4) is 0 Å². The van der Waals surface area contributed by atoms with E-state index >= 15 is 0 Å². The Morgan fingerprint density at radius 1 is 0.900 bits per heavy atom. The quantitative estimate of drug-likeness (QED) is 0.783. The summed E-state index contributed by atoms with van der Waals surface area (Å²) < 4.78 is 10.7. The molecule has 0 spiro atoms. The number of benzene rings is 2. The van der Waals surface area contributed by atoms with Crippen LogP contribution < -0.4 is 9.47 Å². The van der Waals surface area contributed by atoms with Gasteiger partial charge in [-0.1, -0.05) is 24.3 Å². The number of aryl methyl sites for hydroxylation is 2. The maximum absolute atomic E-state index is 5.41. The number of aromatic amines is 1. The van der Waals surface area contributed by atoms with E-state index < -0.39 is 0 Å². The van der Waals surface area contributed by atoms with Crippen LogP contribution in [0.15, 0.2) is 48.5 Å². The molecule has 0 aliphatic carbocycles. The molecular formula is C17H15NO2. The molecule has 0 saturated heterocycles. The van der Waals surface area contributed by atoms with Gasteiger partial charge in [-0.05, 0) is 48.1 Å². The van der Waals surface area contributed by atoms with Crippen molar-refractivity contribution >= 4 is 10.9 Å². The summed E-state index contributed by atoms with van der Waals surface area (Å²) in [5.74, 6) is 1.71. The Morgan fingerprint density at radius 2 is 1.80 bits per heavy atom. The Labute approximate surface area is 117 Å². The fraction of sp³-hybridized carbons (Fsp3) is 0.176. The maximum Gasteiger partial charge on any atom is 0.231 e. The van der Waals surface area contributed by atoms with Gasteiger partial charge in [-0.15, -0.1) is 0 Å². The lowest BCUT2D eigenvalue weighted by Crippen LogP contribution is -1.93. The van der Waals surface area contributed by atoms with Gasteiger partial charge in [-0.2, -0.15) is 0 Å². The summed E-state index contributed by atoms with van der Waals surface area (Å²) in [5, 5.41) is 1.27. The predicted molar refractivity (Wildman–Crippen MR) is 78.3 cm³/mol. The minimum atomic E-state index is 0.334. The van der Waals surface area contributed by atoms with E-state index in [1.54, 1.807) is 0 Å². The second kappa shape index (κ2) is 4.60. The van der Waals surface area contributed by atoms with Crippen LogP contribution in [0.1, 0.15) is 11.3 Å². The van der Waals surface area contributed by atoms with Crippen LogP contribution in [-0.2, 0) is 12.8 Å². The molecule has 0 atom stereocenters. The largest absolute Gasteiger partial charge is 0.454 e. The van der Waals surface area contributed by atoms with Crippen LogP contribution in [0.25, 0.3) is 10.9 Å². The van der Waals surface area contributed by atoms with E-state index in [1.165, 1.54) is 22.2 Å². The summed E-state index contributed by atoms with van der Waals surface area (Å²) in [4.78, 5) is 3.46. The number of ether oxygens (including phenoxy) is 2. The molecule has 0 radical (unpaired) electrons. The number of para-hydroxylation sites is 1. The molecule has 20 heavy (non-hydrogen) atoms. The minimum Gasteiger partial charge on any atom is -0.454 e. The molecule has 0 fully saturated rings. The summed E-state index contributed by atoms with van der Waals surface area (Å²) in [7, 11) is 0. The van der Waals surface area contributed by atoms with Crippen molar-refractivity contribution in [2.75, 3.05) is 6.79 Å². The van der Waals surface area contributed by atoms with Gasteiger partial charge in [0.15, 0.2) is 11.5 Å². The minimum absolute atomic E-state index is 0.334. The maximum atomic E-state index is 5.41. The molecule has 1 aromatic heterocycles. The van der Waals surface area contributed by atoms with Crippen molar-refractivity contribution in [2.24, 2.45) is 0 Å². The van der Waals surface area contributed by atoms with Gasteiger partial charge < -0.3 is 14.5 Å². The highest BCUT2D eigenvalue weighted by atomic mass is 16.7. The molecule has 1 aliphatic heterocycles. The molecule has 0 saturated carbocycles. The number of hydrogen-bond acceptors (Lipinski definition) is 2. The van der Waals surface area contributed by atoms with E-state index in [0.717, 1.165) is 24.3 Å². The van der Waals surface area contributed by atoms with Crippen molar-refractivity contribution in [3.63, 3.8) is 0 Å². The van der Waals surface area contributed by atoms with Crippen LogP contribution in [0.2, 0.25) is 0 Å². The Bertz CT molecular complexity index is 728. The van der Waals surface area contributed by atoms with E-state index in [0.29, 0.717) is 6.79 Å². The molecule has 0 bridgehead atoms. The highest BCUT2D eigenvalue weighted by Crippen LogP contribution is 2.32. The molecule has 1 aliphatic rings. The molecule has 2 aromatic carbocycles. The van der Waals surface area contributed by atoms with Gasteiger partial charge in [0.05, 0.1) is 0 Å². The third kappa shape index (κ3) is 2.01. The molecule has 0 unspecified atom stereocenters. The third-order valence-electron chi connectivity index (χ3n) is 3.71. The van der Waals surface area contributed by atoms with Crippen molar-refractivity contribution < 1.29 is 9.47 Å². The first-order valence-corrected chi connectivity index (χ1v) is 6.84. The number of rotatable bonds is 3. The number of nitrogens with one attached hydrogen (secondary N) is 1.